The van der Waals surface area contributed by atoms with Crippen LogP contribution in [-0.4, -0.2) is 46.1 Å². The van der Waals surface area contributed by atoms with E-state index < -0.39 is 0 Å². The summed E-state index contributed by atoms with van der Waals surface area (Å²) in [5.41, 5.74) is 1.84. The molecule has 1 saturated heterocycles. The van der Waals surface area contributed by atoms with Crippen LogP contribution in [0.3, 0.4) is 0 Å². The lowest BCUT2D eigenvalue weighted by Crippen LogP contribution is -2.36. The molecule has 0 N–H and O–H groups in total. The zero-order chi connectivity index (χ0) is 22.5. The standard InChI is InChI=1S/C26H27FN4O2/c27-22-4-1-2-5-25(22)31-24-7-3-6-23(21(24)15-28-31)30-11-10-29(26(30)33)16-20(32)14-19-13-17-8-9-18(19)12-17/h1-7,15,17-19H,8-14,16H2. The average Bonchev–Trinajstić information content (AvgIpc) is 3.59. The van der Waals surface area contributed by atoms with Gasteiger partial charge in [0.1, 0.15) is 11.5 Å². The Balaban J connectivity index is 1.19. The van der Waals surface area contributed by atoms with Crippen LogP contribution in [0.4, 0.5) is 14.9 Å². The van der Waals surface area contributed by atoms with Crippen LogP contribution in [0, 0.1) is 23.6 Å². The number of nitrogens with zero attached hydrogens (tertiary/aromatic N) is 4. The fraction of sp³-hybridized carbons (Fsp3) is 0.423. The Morgan fingerprint density at radius 3 is 2.67 bits per heavy atom. The van der Waals surface area contributed by atoms with E-state index in [9.17, 15) is 14.0 Å². The second kappa shape index (κ2) is 7.97. The van der Waals surface area contributed by atoms with Crippen molar-refractivity contribution < 1.29 is 14.0 Å². The average molecular weight is 447 g/mol. The minimum atomic E-state index is -0.356. The number of Topliss-reactive ketones (excluding diaryl/α,β-unsaturated/α-hetero) is 1. The van der Waals surface area contributed by atoms with Gasteiger partial charge in [-0.2, -0.15) is 5.10 Å². The van der Waals surface area contributed by atoms with Gasteiger partial charge >= 0.3 is 6.03 Å². The second-order valence-corrected chi connectivity index (χ2v) is 9.75. The molecule has 1 aliphatic heterocycles. The molecule has 3 fully saturated rings. The van der Waals surface area contributed by atoms with Gasteiger partial charge in [-0.05, 0) is 61.3 Å². The number of fused-ring (bicyclic) bond motifs is 3. The second-order valence-electron chi connectivity index (χ2n) is 9.75. The van der Waals surface area contributed by atoms with Gasteiger partial charge in [-0.3, -0.25) is 9.69 Å². The molecular formula is C26H27FN4O2. The Hall–Kier alpha value is -3.22. The van der Waals surface area contributed by atoms with Crippen LogP contribution in [0.2, 0.25) is 0 Å². The van der Waals surface area contributed by atoms with Gasteiger partial charge in [-0.25, -0.2) is 13.9 Å². The first-order chi connectivity index (χ1) is 16.1. The van der Waals surface area contributed by atoms with Gasteiger partial charge < -0.3 is 4.90 Å². The van der Waals surface area contributed by atoms with Gasteiger partial charge in [0.2, 0.25) is 0 Å². The van der Waals surface area contributed by atoms with E-state index in [1.807, 2.05) is 18.2 Å². The molecule has 33 heavy (non-hydrogen) atoms. The molecule has 2 saturated carbocycles. The van der Waals surface area contributed by atoms with Crippen LogP contribution < -0.4 is 4.90 Å². The van der Waals surface area contributed by atoms with Gasteiger partial charge in [0.25, 0.3) is 0 Å². The normalized spacial score (nSPS) is 24.4. The molecule has 2 aromatic carbocycles. The lowest BCUT2D eigenvalue weighted by atomic mass is 9.85. The van der Waals surface area contributed by atoms with Crippen LogP contribution >= 0.6 is 0 Å². The van der Waals surface area contributed by atoms with Crippen molar-refractivity contribution in [3.05, 3.63) is 54.5 Å². The molecule has 3 aromatic rings. The number of urea groups is 1. The molecule has 170 valence electrons. The quantitative estimate of drug-likeness (QED) is 0.546. The van der Waals surface area contributed by atoms with Crippen molar-refractivity contribution in [1.82, 2.24) is 14.7 Å². The van der Waals surface area contributed by atoms with Crippen molar-refractivity contribution in [3.8, 4) is 5.69 Å². The minimum Gasteiger partial charge on any atom is -0.315 e. The van der Waals surface area contributed by atoms with Crippen LogP contribution in [0.5, 0.6) is 0 Å². The lowest BCUT2D eigenvalue weighted by Gasteiger charge is -2.22. The lowest BCUT2D eigenvalue weighted by molar-refractivity contribution is -0.120. The van der Waals surface area contributed by atoms with E-state index in [4.69, 9.17) is 0 Å². The van der Waals surface area contributed by atoms with Crippen molar-refractivity contribution in [2.24, 2.45) is 17.8 Å². The highest BCUT2D eigenvalue weighted by atomic mass is 19.1. The number of rotatable bonds is 6. The van der Waals surface area contributed by atoms with E-state index in [1.54, 1.807) is 38.9 Å². The van der Waals surface area contributed by atoms with Gasteiger partial charge in [0.05, 0.1) is 23.9 Å². The third-order valence-corrected chi connectivity index (χ3v) is 7.80. The molecule has 7 heteroatoms. The van der Waals surface area contributed by atoms with E-state index in [1.165, 1.54) is 31.7 Å². The number of carbonyl (C=O) groups is 2. The molecular weight excluding hydrogens is 419 g/mol. The maximum Gasteiger partial charge on any atom is 0.325 e. The summed E-state index contributed by atoms with van der Waals surface area (Å²) in [6, 6.07) is 12.0. The summed E-state index contributed by atoms with van der Waals surface area (Å²) in [6.07, 6.45) is 7.35. The van der Waals surface area contributed by atoms with Gasteiger partial charge in [-0.1, -0.05) is 24.6 Å². The van der Waals surface area contributed by atoms with Gasteiger partial charge in [0.15, 0.2) is 5.78 Å². The number of hydrogen-bond donors (Lipinski definition) is 0. The summed E-state index contributed by atoms with van der Waals surface area (Å²) in [5.74, 6) is 1.87. The minimum absolute atomic E-state index is 0.151. The molecule has 2 aliphatic carbocycles. The van der Waals surface area contributed by atoms with Crippen LogP contribution in [0.15, 0.2) is 48.7 Å². The smallest absolute Gasteiger partial charge is 0.315 e. The SMILES string of the molecule is O=C(CC1CC2CCC1C2)CN1CCN(c2cccc3c2cnn3-c2ccccc2F)C1=O. The van der Waals surface area contributed by atoms with Crippen molar-refractivity contribution in [2.45, 2.75) is 32.1 Å². The molecule has 1 aromatic heterocycles. The van der Waals surface area contributed by atoms with E-state index in [2.05, 4.69) is 5.10 Å². The third-order valence-electron chi connectivity index (χ3n) is 7.80. The summed E-state index contributed by atoms with van der Waals surface area (Å²) >= 11 is 0. The molecule has 0 spiro atoms. The van der Waals surface area contributed by atoms with Crippen LogP contribution in [0.1, 0.15) is 32.1 Å². The number of halogens is 1. The number of ketones is 1. The monoisotopic (exact) mass is 446 g/mol. The molecule has 3 unspecified atom stereocenters. The van der Waals surface area contributed by atoms with E-state index in [-0.39, 0.29) is 24.2 Å². The Bertz CT molecular complexity index is 1240. The number of hydrogen-bond acceptors (Lipinski definition) is 3. The Morgan fingerprint density at radius 1 is 1.03 bits per heavy atom. The summed E-state index contributed by atoms with van der Waals surface area (Å²) in [6.45, 7) is 1.23. The zero-order valence-electron chi connectivity index (χ0n) is 18.5. The third kappa shape index (κ3) is 3.50. The molecule has 2 amide bonds. The predicted molar refractivity (Wildman–Crippen MR) is 124 cm³/mol. The maximum atomic E-state index is 14.3. The first-order valence-electron chi connectivity index (χ1n) is 11.9. The van der Waals surface area contributed by atoms with Crippen molar-refractivity contribution in [2.75, 3.05) is 24.5 Å². The largest absolute Gasteiger partial charge is 0.325 e. The highest BCUT2D eigenvalue weighted by Crippen LogP contribution is 2.49. The van der Waals surface area contributed by atoms with Crippen LogP contribution in [-0.2, 0) is 4.79 Å². The van der Waals surface area contributed by atoms with Crippen molar-refractivity contribution >= 4 is 28.4 Å². The molecule has 6 nitrogen and oxygen atoms in total. The molecule has 6 rings (SSSR count). The van der Waals surface area contributed by atoms with Crippen molar-refractivity contribution in [3.63, 3.8) is 0 Å². The number of aromatic nitrogens is 2. The highest BCUT2D eigenvalue weighted by molar-refractivity contribution is 6.04. The molecule has 2 heterocycles. The Labute approximate surface area is 192 Å². The fourth-order valence-electron chi connectivity index (χ4n) is 6.24. The number of anilines is 1. The number of amides is 2. The molecule has 0 radical (unpaired) electrons. The summed E-state index contributed by atoms with van der Waals surface area (Å²) in [7, 11) is 0. The van der Waals surface area contributed by atoms with E-state index >= 15 is 0 Å². The zero-order valence-corrected chi connectivity index (χ0v) is 18.5. The Morgan fingerprint density at radius 2 is 1.88 bits per heavy atom. The van der Waals surface area contributed by atoms with E-state index in [0.717, 1.165) is 22.5 Å². The summed E-state index contributed by atoms with van der Waals surface area (Å²) in [5, 5.41) is 5.18. The predicted octanol–water partition coefficient (Wildman–Crippen LogP) is 4.80. The molecule has 3 aliphatic rings. The number of para-hydroxylation sites is 1. The molecule has 2 bridgehead atoms. The summed E-state index contributed by atoms with van der Waals surface area (Å²) < 4.78 is 15.9. The first-order valence-corrected chi connectivity index (χ1v) is 11.9. The topological polar surface area (TPSA) is 58.4 Å². The number of benzene rings is 2. The maximum absolute atomic E-state index is 14.3. The highest BCUT2D eigenvalue weighted by Gasteiger charge is 2.40. The van der Waals surface area contributed by atoms with E-state index in [0.29, 0.717) is 37.0 Å². The molecule has 3 atom stereocenters. The number of carbonyl (C=O) groups excluding carboxylic acids is 2. The van der Waals surface area contributed by atoms with Crippen molar-refractivity contribution in [1.29, 1.82) is 0 Å². The van der Waals surface area contributed by atoms with Crippen LogP contribution in [0.25, 0.3) is 16.6 Å². The van der Waals surface area contributed by atoms with Gasteiger partial charge in [-0.15, -0.1) is 0 Å². The first kappa shape index (κ1) is 20.4. The summed E-state index contributed by atoms with van der Waals surface area (Å²) in [4.78, 5) is 29.3. The fourth-order valence-corrected chi connectivity index (χ4v) is 6.24. The Kier molecular flexibility index (Phi) is 4.93. The van der Waals surface area contributed by atoms with Gasteiger partial charge in [0, 0.05) is 24.9 Å².